The van der Waals surface area contributed by atoms with Crippen molar-refractivity contribution in [3.63, 3.8) is 0 Å². The molecule has 2 atom stereocenters. The maximum absolute atomic E-state index is 13.6. The second-order valence-electron chi connectivity index (χ2n) is 5.32. The number of ether oxygens (including phenoxy) is 1. The molecule has 0 radical (unpaired) electrons. The van der Waals surface area contributed by atoms with Crippen molar-refractivity contribution in [2.75, 3.05) is 13.7 Å². The highest BCUT2D eigenvalue weighted by molar-refractivity contribution is 5.29. The minimum Gasteiger partial charge on any atom is -0.494 e. The van der Waals surface area contributed by atoms with Gasteiger partial charge in [-0.2, -0.15) is 0 Å². The summed E-state index contributed by atoms with van der Waals surface area (Å²) in [5, 5.41) is 9.51. The van der Waals surface area contributed by atoms with Crippen LogP contribution in [-0.2, 0) is 6.54 Å². The maximum Gasteiger partial charge on any atom is 0.165 e. The molecule has 1 heterocycles. The van der Waals surface area contributed by atoms with Crippen LogP contribution in [0.1, 0.15) is 31.7 Å². The van der Waals surface area contributed by atoms with Gasteiger partial charge in [0, 0.05) is 12.6 Å². The highest BCUT2D eigenvalue weighted by Gasteiger charge is 2.25. The molecule has 2 rings (SSSR count). The van der Waals surface area contributed by atoms with E-state index in [1.807, 2.05) is 13.0 Å². The second kappa shape index (κ2) is 6.35. The molecule has 1 aliphatic heterocycles. The number of nitrogens with zero attached hydrogens (tertiary/aromatic N) is 1. The van der Waals surface area contributed by atoms with E-state index >= 15 is 0 Å². The predicted molar refractivity (Wildman–Crippen MR) is 72.7 cm³/mol. The lowest BCUT2D eigenvalue weighted by molar-refractivity contribution is 0.130. The fourth-order valence-electron chi connectivity index (χ4n) is 2.81. The first-order valence-corrected chi connectivity index (χ1v) is 6.84. The van der Waals surface area contributed by atoms with Crippen LogP contribution in [0.2, 0.25) is 0 Å². The molecule has 19 heavy (non-hydrogen) atoms. The molecule has 4 heteroatoms. The normalized spacial score (nSPS) is 21.6. The van der Waals surface area contributed by atoms with Crippen LogP contribution in [0.4, 0.5) is 4.39 Å². The van der Waals surface area contributed by atoms with Crippen molar-refractivity contribution in [3.05, 3.63) is 29.6 Å². The minimum atomic E-state index is -0.314. The molecule has 1 aliphatic rings. The monoisotopic (exact) mass is 267 g/mol. The Kier molecular flexibility index (Phi) is 4.77. The summed E-state index contributed by atoms with van der Waals surface area (Å²) >= 11 is 0. The molecule has 3 nitrogen and oxygen atoms in total. The molecule has 1 N–H and O–H groups in total. The average molecular weight is 267 g/mol. The summed E-state index contributed by atoms with van der Waals surface area (Å²) in [5.74, 6) is -0.0306. The van der Waals surface area contributed by atoms with Crippen LogP contribution >= 0.6 is 0 Å². The fourth-order valence-corrected chi connectivity index (χ4v) is 2.81. The van der Waals surface area contributed by atoms with E-state index < -0.39 is 0 Å². The molecule has 0 spiro atoms. The predicted octanol–water partition coefficient (Wildman–Crippen LogP) is 2.57. The summed E-state index contributed by atoms with van der Waals surface area (Å²) < 4.78 is 18.6. The molecular weight excluding hydrogens is 245 g/mol. The molecular formula is C15H22FNO2. The lowest BCUT2D eigenvalue weighted by atomic mass is 10.1. The van der Waals surface area contributed by atoms with E-state index in [1.54, 1.807) is 6.07 Å². The number of aliphatic hydroxyl groups excluding tert-OH is 1. The zero-order valence-electron chi connectivity index (χ0n) is 11.6. The number of aliphatic hydroxyl groups is 1. The van der Waals surface area contributed by atoms with Gasteiger partial charge < -0.3 is 9.84 Å². The van der Waals surface area contributed by atoms with Crippen molar-refractivity contribution in [2.24, 2.45) is 0 Å². The van der Waals surface area contributed by atoms with E-state index in [-0.39, 0.29) is 17.7 Å². The quantitative estimate of drug-likeness (QED) is 0.890. The van der Waals surface area contributed by atoms with Gasteiger partial charge in [-0.15, -0.1) is 0 Å². The Morgan fingerprint density at radius 2 is 2.32 bits per heavy atom. The Labute approximate surface area is 114 Å². The third-order valence-corrected chi connectivity index (χ3v) is 3.71. The number of rotatable bonds is 5. The first-order chi connectivity index (χ1) is 9.10. The van der Waals surface area contributed by atoms with Gasteiger partial charge in [-0.05, 0) is 50.4 Å². The summed E-state index contributed by atoms with van der Waals surface area (Å²) in [6.07, 6.45) is 2.77. The molecule has 1 aromatic carbocycles. The van der Waals surface area contributed by atoms with Gasteiger partial charge in [0.25, 0.3) is 0 Å². The first-order valence-electron chi connectivity index (χ1n) is 6.84. The van der Waals surface area contributed by atoms with Crippen LogP contribution in [0.15, 0.2) is 18.2 Å². The van der Waals surface area contributed by atoms with Gasteiger partial charge in [-0.3, -0.25) is 4.90 Å². The Balaban J connectivity index is 2.01. The first kappa shape index (κ1) is 14.3. The molecule has 0 bridgehead atoms. The summed E-state index contributed by atoms with van der Waals surface area (Å²) in [4.78, 5) is 2.33. The molecule has 106 valence electrons. The summed E-state index contributed by atoms with van der Waals surface area (Å²) in [7, 11) is 1.47. The van der Waals surface area contributed by atoms with Crippen LogP contribution in [0.3, 0.4) is 0 Å². The SMILES string of the molecule is COc1ccc(CN2CCCC2CC(C)O)cc1F. The standard InChI is InChI=1S/C15H22FNO2/c1-11(18)8-13-4-3-7-17(13)10-12-5-6-15(19-2)14(16)9-12/h5-6,9,11,13,18H,3-4,7-8,10H2,1-2H3. The van der Waals surface area contributed by atoms with Crippen molar-refractivity contribution in [1.82, 2.24) is 4.90 Å². The smallest absolute Gasteiger partial charge is 0.165 e. The van der Waals surface area contributed by atoms with Crippen molar-refractivity contribution < 1.29 is 14.2 Å². The molecule has 2 unspecified atom stereocenters. The summed E-state index contributed by atoms with van der Waals surface area (Å²) in [6, 6.07) is 5.52. The van der Waals surface area contributed by atoms with Crippen molar-refractivity contribution >= 4 is 0 Å². The van der Waals surface area contributed by atoms with Gasteiger partial charge in [-0.25, -0.2) is 4.39 Å². The van der Waals surface area contributed by atoms with Gasteiger partial charge in [0.05, 0.1) is 13.2 Å². The molecule has 1 saturated heterocycles. The average Bonchev–Trinajstić information content (AvgIpc) is 2.76. The molecule has 1 fully saturated rings. The molecule has 0 aromatic heterocycles. The van der Waals surface area contributed by atoms with E-state index in [4.69, 9.17) is 4.74 Å². The van der Waals surface area contributed by atoms with Crippen molar-refractivity contribution in [2.45, 2.75) is 44.9 Å². The third-order valence-electron chi connectivity index (χ3n) is 3.71. The molecule has 0 amide bonds. The number of halogens is 1. The van der Waals surface area contributed by atoms with Crippen LogP contribution in [0.25, 0.3) is 0 Å². The fraction of sp³-hybridized carbons (Fsp3) is 0.600. The zero-order valence-corrected chi connectivity index (χ0v) is 11.6. The highest BCUT2D eigenvalue weighted by atomic mass is 19.1. The number of likely N-dealkylation sites (tertiary alicyclic amines) is 1. The molecule has 0 aliphatic carbocycles. The van der Waals surface area contributed by atoms with Gasteiger partial charge in [0.15, 0.2) is 11.6 Å². The Morgan fingerprint density at radius 3 is 2.95 bits per heavy atom. The number of benzene rings is 1. The van der Waals surface area contributed by atoms with Crippen molar-refractivity contribution in [1.29, 1.82) is 0 Å². The van der Waals surface area contributed by atoms with Gasteiger partial charge in [-0.1, -0.05) is 6.07 Å². The Hall–Kier alpha value is -1.13. The lowest BCUT2D eigenvalue weighted by Crippen LogP contribution is -2.31. The van der Waals surface area contributed by atoms with Gasteiger partial charge >= 0.3 is 0 Å². The number of methoxy groups -OCH3 is 1. The molecule has 0 saturated carbocycles. The second-order valence-corrected chi connectivity index (χ2v) is 5.32. The van der Waals surface area contributed by atoms with Crippen molar-refractivity contribution in [3.8, 4) is 5.75 Å². The van der Waals surface area contributed by atoms with Crippen LogP contribution in [-0.4, -0.2) is 35.8 Å². The van der Waals surface area contributed by atoms with E-state index in [0.717, 1.165) is 37.9 Å². The number of hydrogen-bond acceptors (Lipinski definition) is 3. The maximum atomic E-state index is 13.6. The minimum absolute atomic E-state index is 0.279. The summed E-state index contributed by atoms with van der Waals surface area (Å²) in [5.41, 5.74) is 0.954. The Morgan fingerprint density at radius 1 is 1.53 bits per heavy atom. The topological polar surface area (TPSA) is 32.7 Å². The van der Waals surface area contributed by atoms with E-state index in [1.165, 1.54) is 13.2 Å². The van der Waals surface area contributed by atoms with Crippen LogP contribution in [0, 0.1) is 5.82 Å². The van der Waals surface area contributed by atoms with Gasteiger partial charge in [0.1, 0.15) is 0 Å². The highest BCUT2D eigenvalue weighted by Crippen LogP contribution is 2.25. The van der Waals surface area contributed by atoms with Crippen LogP contribution < -0.4 is 4.74 Å². The van der Waals surface area contributed by atoms with Crippen LogP contribution in [0.5, 0.6) is 5.75 Å². The lowest BCUT2D eigenvalue weighted by Gasteiger charge is -2.25. The molecule has 1 aromatic rings. The van der Waals surface area contributed by atoms with E-state index in [2.05, 4.69) is 4.90 Å². The van der Waals surface area contributed by atoms with Gasteiger partial charge in [0.2, 0.25) is 0 Å². The largest absolute Gasteiger partial charge is 0.494 e. The third kappa shape index (κ3) is 3.67. The van der Waals surface area contributed by atoms with E-state index in [0.29, 0.717) is 6.04 Å². The zero-order chi connectivity index (χ0) is 13.8. The number of hydrogen-bond donors (Lipinski definition) is 1. The van der Waals surface area contributed by atoms with E-state index in [9.17, 15) is 9.50 Å². The Bertz CT molecular complexity index is 423. The summed E-state index contributed by atoms with van der Waals surface area (Å²) in [6.45, 7) is 3.58.